The van der Waals surface area contributed by atoms with Gasteiger partial charge in [0.15, 0.2) is 0 Å². The maximum atomic E-state index is 11.8. The van der Waals surface area contributed by atoms with E-state index in [2.05, 4.69) is 27.2 Å². The Labute approximate surface area is 143 Å². The van der Waals surface area contributed by atoms with Gasteiger partial charge in [-0.2, -0.15) is 0 Å². The van der Waals surface area contributed by atoms with Gasteiger partial charge in [-0.15, -0.1) is 0 Å². The van der Waals surface area contributed by atoms with Gasteiger partial charge in [0.1, 0.15) is 5.82 Å². The Kier molecular flexibility index (Phi) is 4.56. The van der Waals surface area contributed by atoms with Gasteiger partial charge < -0.3 is 25.3 Å². The minimum Gasteiger partial charge on any atom is -0.462 e. The van der Waals surface area contributed by atoms with Gasteiger partial charge in [0.05, 0.1) is 23.2 Å². The number of ether oxygens (including phenoxy) is 1. The lowest BCUT2D eigenvalue weighted by atomic mass is 10.2. The zero-order chi connectivity index (χ0) is 17.8. The number of nitrogens with one attached hydrogen (secondary N) is 4. The summed E-state index contributed by atoms with van der Waals surface area (Å²) in [6, 6.07) is 12.4. The van der Waals surface area contributed by atoms with Crippen LogP contribution >= 0.6 is 0 Å². The molecule has 0 unspecified atom stereocenters. The molecule has 0 spiro atoms. The first kappa shape index (κ1) is 16.4. The number of carbonyl (C=O) groups is 1. The van der Waals surface area contributed by atoms with Gasteiger partial charge in [-0.05, 0) is 43.3 Å². The van der Waals surface area contributed by atoms with Gasteiger partial charge in [0.25, 0.3) is 0 Å². The summed E-state index contributed by atoms with van der Waals surface area (Å²) in [5, 5.41) is 6.20. The number of rotatable bonds is 6. The first-order chi connectivity index (χ1) is 12.0. The van der Waals surface area contributed by atoms with Crippen LogP contribution in [0.4, 0.5) is 11.4 Å². The predicted molar refractivity (Wildman–Crippen MR) is 97.7 cm³/mol. The van der Waals surface area contributed by atoms with Crippen LogP contribution in [0.15, 0.2) is 59.7 Å². The summed E-state index contributed by atoms with van der Waals surface area (Å²) in [5.74, 6) is 0.157. The molecule has 0 aliphatic rings. The summed E-state index contributed by atoms with van der Waals surface area (Å²) in [4.78, 5) is 28.5. The highest BCUT2D eigenvalue weighted by Crippen LogP contribution is 2.18. The van der Waals surface area contributed by atoms with Crippen LogP contribution in [0.25, 0.3) is 11.0 Å². The Morgan fingerprint density at radius 1 is 1.08 bits per heavy atom. The zero-order valence-electron chi connectivity index (χ0n) is 13.7. The first-order valence-electron chi connectivity index (χ1n) is 7.77. The number of carbonyl (C=O) groups excluding carboxylic acids is 1. The largest absolute Gasteiger partial charge is 0.462 e. The number of hydrogen-bond acceptors (Lipinski definition) is 5. The van der Waals surface area contributed by atoms with Crippen LogP contribution in [0.3, 0.4) is 0 Å². The lowest BCUT2D eigenvalue weighted by Crippen LogP contribution is -2.09. The Morgan fingerprint density at radius 3 is 2.56 bits per heavy atom. The summed E-state index contributed by atoms with van der Waals surface area (Å²) in [7, 11) is 0. The SMILES string of the molecule is C=C(Nc1cccc(C(=O)OCC)c1)Nc1ccc2[nH]c(=O)[nH]c2c1. The van der Waals surface area contributed by atoms with Crippen LogP contribution < -0.4 is 16.3 Å². The number of fused-ring (bicyclic) bond motifs is 1. The van der Waals surface area contributed by atoms with Gasteiger partial charge in [0.2, 0.25) is 0 Å². The van der Waals surface area contributed by atoms with Gasteiger partial charge in [-0.3, -0.25) is 0 Å². The zero-order valence-corrected chi connectivity index (χ0v) is 13.7. The maximum Gasteiger partial charge on any atom is 0.338 e. The van der Waals surface area contributed by atoms with E-state index in [-0.39, 0.29) is 11.7 Å². The van der Waals surface area contributed by atoms with Crippen LogP contribution in [0.5, 0.6) is 0 Å². The van der Waals surface area contributed by atoms with Crippen molar-refractivity contribution in [2.24, 2.45) is 0 Å². The van der Waals surface area contributed by atoms with E-state index in [9.17, 15) is 9.59 Å². The normalized spacial score (nSPS) is 10.4. The number of imidazole rings is 1. The van der Waals surface area contributed by atoms with Crippen molar-refractivity contribution in [1.82, 2.24) is 9.97 Å². The summed E-state index contributed by atoms with van der Waals surface area (Å²) >= 11 is 0. The topological polar surface area (TPSA) is 99.0 Å². The van der Waals surface area contributed by atoms with E-state index in [0.29, 0.717) is 29.2 Å². The van der Waals surface area contributed by atoms with Crippen molar-refractivity contribution in [3.63, 3.8) is 0 Å². The number of H-pyrrole nitrogens is 2. The van der Waals surface area contributed by atoms with Crippen molar-refractivity contribution >= 4 is 28.4 Å². The molecule has 0 atom stereocenters. The highest BCUT2D eigenvalue weighted by molar-refractivity contribution is 5.90. The van der Waals surface area contributed by atoms with Crippen molar-refractivity contribution in [2.75, 3.05) is 17.2 Å². The molecular formula is C18H18N4O3. The highest BCUT2D eigenvalue weighted by Gasteiger charge is 2.07. The molecule has 7 nitrogen and oxygen atoms in total. The van der Waals surface area contributed by atoms with E-state index in [0.717, 1.165) is 11.2 Å². The van der Waals surface area contributed by atoms with E-state index < -0.39 is 0 Å². The minimum atomic E-state index is -0.369. The lowest BCUT2D eigenvalue weighted by molar-refractivity contribution is 0.0526. The highest BCUT2D eigenvalue weighted by atomic mass is 16.5. The number of benzene rings is 2. The second-order valence-corrected chi connectivity index (χ2v) is 5.37. The Bertz CT molecular complexity index is 987. The molecule has 0 saturated carbocycles. The van der Waals surface area contributed by atoms with E-state index >= 15 is 0 Å². The molecule has 25 heavy (non-hydrogen) atoms. The van der Waals surface area contributed by atoms with E-state index in [1.54, 1.807) is 37.3 Å². The predicted octanol–water partition coefficient (Wildman–Crippen LogP) is 3.03. The second-order valence-electron chi connectivity index (χ2n) is 5.37. The quantitative estimate of drug-likeness (QED) is 0.518. The third-order valence-corrected chi connectivity index (χ3v) is 3.48. The third kappa shape index (κ3) is 3.89. The van der Waals surface area contributed by atoms with Crippen molar-refractivity contribution in [1.29, 1.82) is 0 Å². The summed E-state index contributed by atoms with van der Waals surface area (Å²) < 4.78 is 4.99. The number of aromatic nitrogens is 2. The first-order valence-corrected chi connectivity index (χ1v) is 7.77. The van der Waals surface area contributed by atoms with Crippen molar-refractivity contribution in [3.8, 4) is 0 Å². The van der Waals surface area contributed by atoms with Crippen molar-refractivity contribution in [3.05, 3.63) is 70.9 Å². The smallest absolute Gasteiger partial charge is 0.338 e. The van der Waals surface area contributed by atoms with Crippen LogP contribution in [-0.2, 0) is 4.74 Å². The molecule has 0 fully saturated rings. The molecule has 0 aliphatic carbocycles. The van der Waals surface area contributed by atoms with Gasteiger partial charge >= 0.3 is 11.7 Å². The summed E-state index contributed by atoms with van der Waals surface area (Å²) in [6.07, 6.45) is 0. The average Bonchev–Trinajstić information content (AvgIpc) is 2.94. The van der Waals surface area contributed by atoms with E-state index in [4.69, 9.17) is 4.74 Å². The van der Waals surface area contributed by atoms with Gasteiger partial charge in [-0.25, -0.2) is 9.59 Å². The van der Waals surface area contributed by atoms with Crippen LogP contribution in [0.2, 0.25) is 0 Å². The molecule has 128 valence electrons. The fourth-order valence-corrected chi connectivity index (χ4v) is 2.43. The molecule has 4 N–H and O–H groups in total. The molecular weight excluding hydrogens is 320 g/mol. The Balaban J connectivity index is 1.70. The van der Waals surface area contributed by atoms with Crippen LogP contribution in [0.1, 0.15) is 17.3 Å². The second kappa shape index (κ2) is 6.96. The molecule has 1 heterocycles. The minimum absolute atomic E-state index is 0.250. The average molecular weight is 338 g/mol. The Hall–Kier alpha value is -3.48. The molecule has 0 radical (unpaired) electrons. The number of aromatic amines is 2. The van der Waals surface area contributed by atoms with Crippen molar-refractivity contribution < 1.29 is 9.53 Å². The Morgan fingerprint density at radius 2 is 1.80 bits per heavy atom. The van der Waals surface area contributed by atoms with Gasteiger partial charge in [-0.1, -0.05) is 12.6 Å². The molecule has 3 rings (SSSR count). The van der Waals surface area contributed by atoms with E-state index in [1.165, 1.54) is 0 Å². The molecule has 0 aliphatic heterocycles. The summed E-state index contributed by atoms with van der Waals surface area (Å²) in [5.41, 5.74) is 3.12. The van der Waals surface area contributed by atoms with Crippen molar-refractivity contribution in [2.45, 2.75) is 6.92 Å². The van der Waals surface area contributed by atoms with Crippen LogP contribution in [0, 0.1) is 0 Å². The molecule has 3 aromatic rings. The van der Waals surface area contributed by atoms with E-state index in [1.807, 2.05) is 12.1 Å². The summed E-state index contributed by atoms with van der Waals surface area (Å²) in [6.45, 7) is 6.02. The third-order valence-electron chi connectivity index (χ3n) is 3.48. The number of anilines is 2. The molecule has 2 aromatic carbocycles. The molecule has 0 amide bonds. The van der Waals surface area contributed by atoms with Crippen LogP contribution in [-0.4, -0.2) is 22.5 Å². The van der Waals surface area contributed by atoms with Gasteiger partial charge in [0, 0.05) is 11.4 Å². The number of esters is 1. The maximum absolute atomic E-state index is 11.8. The number of hydrogen-bond donors (Lipinski definition) is 4. The fraction of sp³-hybridized carbons (Fsp3) is 0.111. The molecule has 0 bridgehead atoms. The molecule has 0 saturated heterocycles. The molecule has 7 heteroatoms. The fourth-order valence-electron chi connectivity index (χ4n) is 2.43. The monoisotopic (exact) mass is 338 g/mol. The standard InChI is InChI=1S/C18H18N4O3/c1-3-25-17(23)12-5-4-6-13(9-12)19-11(2)20-14-7-8-15-16(10-14)22-18(24)21-15/h4-10,19-20H,2-3H2,1H3,(H2,21,22,24). The molecule has 1 aromatic heterocycles. The lowest BCUT2D eigenvalue weighted by Gasteiger charge is -2.13.